The first kappa shape index (κ1) is 19.5. The summed E-state index contributed by atoms with van der Waals surface area (Å²) in [6, 6.07) is 10.8. The van der Waals surface area contributed by atoms with E-state index in [9.17, 15) is 17.6 Å². The van der Waals surface area contributed by atoms with Crippen molar-refractivity contribution in [1.29, 1.82) is 0 Å². The molecule has 0 aliphatic carbocycles. The third-order valence-corrected chi connectivity index (χ3v) is 3.74. The smallest absolute Gasteiger partial charge is 0.248 e. The highest BCUT2D eigenvalue weighted by Crippen LogP contribution is 2.20. The molecule has 0 aliphatic rings. The van der Waals surface area contributed by atoms with E-state index in [1.807, 2.05) is 6.92 Å². The van der Waals surface area contributed by atoms with Crippen molar-refractivity contribution in [1.82, 2.24) is 0 Å². The van der Waals surface area contributed by atoms with Crippen LogP contribution in [0.15, 0.2) is 48.5 Å². The van der Waals surface area contributed by atoms with Gasteiger partial charge in [-0.25, -0.2) is 12.8 Å². The van der Waals surface area contributed by atoms with Crippen LogP contribution in [0, 0.1) is 5.82 Å². The molecule has 1 amide bonds. The zero-order chi connectivity index (χ0) is 19.2. The van der Waals surface area contributed by atoms with E-state index in [4.69, 9.17) is 4.74 Å². The van der Waals surface area contributed by atoms with Crippen LogP contribution in [0.25, 0.3) is 6.08 Å². The molecule has 0 radical (unpaired) electrons. The third kappa shape index (κ3) is 6.21. The van der Waals surface area contributed by atoms with E-state index >= 15 is 0 Å². The quantitative estimate of drug-likeness (QED) is 0.725. The number of carbonyl (C=O) groups is 1. The molecule has 0 spiro atoms. The first-order valence-corrected chi connectivity index (χ1v) is 9.65. The van der Waals surface area contributed by atoms with Crippen LogP contribution in [0.3, 0.4) is 0 Å². The summed E-state index contributed by atoms with van der Waals surface area (Å²) in [5.74, 6) is -0.430. The number of halogens is 1. The minimum Gasteiger partial charge on any atom is -0.494 e. The second-order valence-corrected chi connectivity index (χ2v) is 7.14. The fraction of sp³-hybridized carbons (Fsp3) is 0.167. The van der Waals surface area contributed by atoms with Gasteiger partial charge in [0.2, 0.25) is 15.9 Å². The van der Waals surface area contributed by atoms with Crippen LogP contribution in [0.5, 0.6) is 5.75 Å². The number of hydrogen-bond donors (Lipinski definition) is 2. The van der Waals surface area contributed by atoms with E-state index < -0.39 is 21.7 Å². The van der Waals surface area contributed by atoms with E-state index in [0.717, 1.165) is 23.6 Å². The molecule has 0 saturated heterocycles. The van der Waals surface area contributed by atoms with Crippen molar-refractivity contribution >= 4 is 33.4 Å². The van der Waals surface area contributed by atoms with E-state index in [1.54, 1.807) is 30.3 Å². The minimum absolute atomic E-state index is 0.235. The molecule has 0 aromatic heterocycles. The van der Waals surface area contributed by atoms with E-state index in [1.165, 1.54) is 18.2 Å². The van der Waals surface area contributed by atoms with Crippen molar-refractivity contribution < 1.29 is 22.3 Å². The highest BCUT2D eigenvalue weighted by atomic mass is 32.2. The van der Waals surface area contributed by atoms with Gasteiger partial charge < -0.3 is 10.1 Å². The van der Waals surface area contributed by atoms with Crippen molar-refractivity contribution in [3.63, 3.8) is 0 Å². The van der Waals surface area contributed by atoms with Crippen LogP contribution >= 0.6 is 0 Å². The van der Waals surface area contributed by atoms with E-state index in [-0.39, 0.29) is 11.4 Å². The number of rotatable bonds is 7. The number of anilines is 2. The Bertz CT molecular complexity index is 909. The van der Waals surface area contributed by atoms with Crippen LogP contribution in [0.2, 0.25) is 0 Å². The molecule has 0 saturated carbocycles. The summed E-state index contributed by atoms with van der Waals surface area (Å²) in [4.78, 5) is 12.0. The predicted octanol–water partition coefficient (Wildman–Crippen LogP) is 3.25. The van der Waals surface area contributed by atoms with Crippen LogP contribution in [-0.4, -0.2) is 27.2 Å². The normalized spacial score (nSPS) is 11.3. The summed E-state index contributed by atoms with van der Waals surface area (Å²) in [5.41, 5.74) is 0.835. The number of ether oxygens (including phenoxy) is 1. The summed E-state index contributed by atoms with van der Waals surface area (Å²) < 4.78 is 43.5. The Labute approximate surface area is 151 Å². The molecular weight excluding hydrogens is 359 g/mol. The first-order chi connectivity index (χ1) is 12.3. The van der Waals surface area contributed by atoms with Crippen molar-refractivity contribution in [3.8, 4) is 5.75 Å². The molecule has 2 aromatic carbocycles. The Kier molecular flexibility index (Phi) is 6.35. The lowest BCUT2D eigenvalue weighted by Crippen LogP contribution is -2.12. The van der Waals surface area contributed by atoms with Crippen LogP contribution in [0.4, 0.5) is 15.8 Å². The largest absolute Gasteiger partial charge is 0.494 e. The molecule has 0 fully saturated rings. The Morgan fingerprint density at radius 2 is 1.88 bits per heavy atom. The van der Waals surface area contributed by atoms with Gasteiger partial charge in [0.15, 0.2) is 0 Å². The number of hydrogen-bond acceptors (Lipinski definition) is 4. The Balaban J connectivity index is 2.04. The Morgan fingerprint density at radius 1 is 1.19 bits per heavy atom. The summed E-state index contributed by atoms with van der Waals surface area (Å²) in [7, 11) is -3.63. The van der Waals surface area contributed by atoms with Gasteiger partial charge in [-0.1, -0.05) is 12.1 Å². The molecule has 0 aliphatic heterocycles. The molecule has 6 nitrogen and oxygen atoms in total. The lowest BCUT2D eigenvalue weighted by molar-refractivity contribution is -0.111. The molecule has 0 bridgehead atoms. The van der Waals surface area contributed by atoms with Gasteiger partial charge in [-0.15, -0.1) is 0 Å². The van der Waals surface area contributed by atoms with Gasteiger partial charge in [0.05, 0.1) is 18.6 Å². The molecule has 2 N–H and O–H groups in total. The minimum atomic E-state index is -3.63. The van der Waals surface area contributed by atoms with E-state index in [0.29, 0.717) is 6.61 Å². The maximum atomic E-state index is 13.6. The topological polar surface area (TPSA) is 84.5 Å². The monoisotopic (exact) mass is 378 g/mol. The zero-order valence-corrected chi connectivity index (χ0v) is 15.1. The van der Waals surface area contributed by atoms with Crippen molar-refractivity contribution in [2.24, 2.45) is 0 Å². The lowest BCUT2D eigenvalue weighted by atomic mass is 10.2. The highest BCUT2D eigenvalue weighted by Gasteiger charge is 2.09. The number of nitrogens with one attached hydrogen (secondary N) is 2. The van der Waals surface area contributed by atoms with Gasteiger partial charge in [-0.05, 0) is 48.9 Å². The first-order valence-electron chi connectivity index (χ1n) is 7.76. The van der Waals surface area contributed by atoms with Gasteiger partial charge in [-0.3, -0.25) is 9.52 Å². The zero-order valence-electron chi connectivity index (χ0n) is 14.3. The summed E-state index contributed by atoms with van der Waals surface area (Å²) in [6.07, 6.45) is 3.85. The molecule has 2 rings (SSSR count). The van der Waals surface area contributed by atoms with Gasteiger partial charge >= 0.3 is 0 Å². The molecule has 138 valence electrons. The third-order valence-electron chi connectivity index (χ3n) is 3.15. The number of sulfonamides is 1. The summed E-state index contributed by atoms with van der Waals surface area (Å²) in [6.45, 7) is 2.47. The molecule has 0 heterocycles. The predicted molar refractivity (Wildman–Crippen MR) is 100 cm³/mol. The van der Waals surface area contributed by atoms with Crippen molar-refractivity contribution in [2.45, 2.75) is 6.92 Å². The maximum Gasteiger partial charge on any atom is 0.248 e. The van der Waals surface area contributed by atoms with Crippen LogP contribution < -0.4 is 14.8 Å². The molecule has 0 atom stereocenters. The Morgan fingerprint density at radius 3 is 2.50 bits per heavy atom. The molecule has 2 aromatic rings. The Hall–Kier alpha value is -2.87. The van der Waals surface area contributed by atoms with Gasteiger partial charge in [-0.2, -0.15) is 0 Å². The molecule has 8 heteroatoms. The summed E-state index contributed by atoms with van der Waals surface area (Å²) >= 11 is 0. The van der Waals surface area contributed by atoms with Gasteiger partial charge in [0.25, 0.3) is 0 Å². The maximum absolute atomic E-state index is 13.6. The van der Waals surface area contributed by atoms with Crippen molar-refractivity contribution in [3.05, 3.63) is 59.9 Å². The van der Waals surface area contributed by atoms with E-state index in [2.05, 4.69) is 10.0 Å². The molecule has 26 heavy (non-hydrogen) atoms. The van der Waals surface area contributed by atoms with Gasteiger partial charge in [0.1, 0.15) is 11.6 Å². The number of amides is 1. The fourth-order valence-corrected chi connectivity index (χ4v) is 2.63. The lowest BCUT2D eigenvalue weighted by Gasteiger charge is -2.08. The average molecular weight is 378 g/mol. The standard InChI is InChI=1S/C18H19FN2O4S/c1-3-25-15-8-4-13(5-9-15)6-11-18(22)20-14-7-10-16(19)17(12-14)21-26(2,23)24/h4-12,21H,3H2,1-2H3,(H,20,22)/b11-6+. The van der Waals surface area contributed by atoms with Crippen molar-refractivity contribution in [2.75, 3.05) is 22.9 Å². The summed E-state index contributed by atoms with van der Waals surface area (Å²) in [5, 5.41) is 2.55. The van der Waals surface area contributed by atoms with Crippen LogP contribution in [-0.2, 0) is 14.8 Å². The van der Waals surface area contributed by atoms with Gasteiger partial charge in [0, 0.05) is 11.8 Å². The fourth-order valence-electron chi connectivity index (χ4n) is 2.08. The van der Waals surface area contributed by atoms with Crippen LogP contribution in [0.1, 0.15) is 12.5 Å². The number of benzene rings is 2. The number of carbonyl (C=O) groups excluding carboxylic acids is 1. The highest BCUT2D eigenvalue weighted by molar-refractivity contribution is 7.92. The molecular formula is C18H19FN2O4S. The average Bonchev–Trinajstić information content (AvgIpc) is 2.56. The second-order valence-electron chi connectivity index (χ2n) is 5.39. The SMILES string of the molecule is CCOc1ccc(/C=C/C(=O)Nc2ccc(F)c(NS(C)(=O)=O)c2)cc1. The molecule has 0 unspecified atom stereocenters. The second kappa shape index (κ2) is 8.48.